The van der Waals surface area contributed by atoms with E-state index < -0.39 is 0 Å². The Hall–Kier alpha value is -1.17. The molecule has 100 valence electrons. The first-order valence-electron chi connectivity index (χ1n) is 6.48. The average Bonchev–Trinajstić information content (AvgIpc) is 2.65. The third kappa shape index (κ3) is 3.41. The highest BCUT2D eigenvalue weighted by Crippen LogP contribution is 2.14. The molecule has 0 spiro atoms. The van der Waals surface area contributed by atoms with Crippen LogP contribution in [0.5, 0.6) is 0 Å². The zero-order chi connectivity index (χ0) is 12.8. The van der Waals surface area contributed by atoms with Crippen LogP contribution in [0.1, 0.15) is 12.1 Å². The Morgan fingerprint density at radius 3 is 2.78 bits per heavy atom. The van der Waals surface area contributed by atoms with Crippen LogP contribution in [0.25, 0.3) is 0 Å². The minimum atomic E-state index is -0.0156. The van der Waals surface area contributed by atoms with Gasteiger partial charge in [-0.05, 0) is 25.1 Å². The molecule has 1 fully saturated rings. The van der Waals surface area contributed by atoms with E-state index in [0.29, 0.717) is 5.69 Å². The van der Waals surface area contributed by atoms with Crippen molar-refractivity contribution >= 4 is 5.82 Å². The van der Waals surface area contributed by atoms with E-state index in [4.69, 9.17) is 10.2 Å². The van der Waals surface area contributed by atoms with Gasteiger partial charge >= 0.3 is 0 Å². The van der Waals surface area contributed by atoms with Crippen LogP contribution < -0.4 is 4.90 Å². The van der Waals surface area contributed by atoms with Gasteiger partial charge in [-0.3, -0.25) is 4.90 Å². The Bertz CT molecular complexity index is 373. The molecule has 0 saturated carbocycles. The molecule has 0 bridgehead atoms. The molecule has 5 nitrogen and oxygen atoms in total. The Morgan fingerprint density at radius 1 is 1.11 bits per heavy atom. The van der Waals surface area contributed by atoms with Gasteiger partial charge in [-0.1, -0.05) is 6.07 Å². The zero-order valence-corrected chi connectivity index (χ0v) is 10.6. The zero-order valence-electron chi connectivity index (χ0n) is 10.6. The maximum absolute atomic E-state index is 9.11. The summed E-state index contributed by atoms with van der Waals surface area (Å²) < 4.78 is 0. The second kappa shape index (κ2) is 6.68. The first-order valence-corrected chi connectivity index (χ1v) is 6.48. The fourth-order valence-electron chi connectivity index (χ4n) is 2.30. The molecule has 0 radical (unpaired) electrons. The van der Waals surface area contributed by atoms with E-state index in [1.807, 2.05) is 18.2 Å². The molecule has 1 saturated heterocycles. The van der Waals surface area contributed by atoms with Crippen LogP contribution in [0.15, 0.2) is 18.2 Å². The van der Waals surface area contributed by atoms with Gasteiger partial charge in [-0.2, -0.15) is 0 Å². The predicted octanol–water partition coefficient (Wildman–Crippen LogP) is 0.0783. The highest BCUT2D eigenvalue weighted by atomic mass is 16.3. The van der Waals surface area contributed by atoms with Crippen LogP contribution in [0, 0.1) is 0 Å². The highest BCUT2D eigenvalue weighted by Gasteiger charge is 2.15. The highest BCUT2D eigenvalue weighted by molar-refractivity contribution is 5.39. The third-order valence-electron chi connectivity index (χ3n) is 3.28. The van der Waals surface area contributed by atoms with Crippen molar-refractivity contribution in [3.8, 4) is 0 Å². The lowest BCUT2D eigenvalue weighted by atomic mass is 10.3. The molecule has 1 aliphatic rings. The summed E-state index contributed by atoms with van der Waals surface area (Å²) in [4.78, 5) is 8.96. The Morgan fingerprint density at radius 2 is 2.00 bits per heavy atom. The molecule has 2 heterocycles. The van der Waals surface area contributed by atoms with E-state index in [1.54, 1.807) is 0 Å². The van der Waals surface area contributed by atoms with E-state index >= 15 is 0 Å². The molecular weight excluding hydrogens is 230 g/mol. The van der Waals surface area contributed by atoms with E-state index in [0.717, 1.165) is 45.0 Å². The molecule has 5 heteroatoms. The Balaban J connectivity index is 2.00. The Kier molecular flexibility index (Phi) is 4.92. The summed E-state index contributed by atoms with van der Waals surface area (Å²) in [6, 6.07) is 5.75. The number of aromatic nitrogens is 1. The number of anilines is 1. The molecular formula is C13H21N3O2. The maximum atomic E-state index is 9.11. The summed E-state index contributed by atoms with van der Waals surface area (Å²) in [5, 5.41) is 18.1. The van der Waals surface area contributed by atoms with Crippen LogP contribution in [0.2, 0.25) is 0 Å². The van der Waals surface area contributed by atoms with Gasteiger partial charge in [0.2, 0.25) is 0 Å². The van der Waals surface area contributed by atoms with Crippen molar-refractivity contribution in [2.45, 2.75) is 13.0 Å². The summed E-state index contributed by atoms with van der Waals surface area (Å²) >= 11 is 0. The Labute approximate surface area is 108 Å². The van der Waals surface area contributed by atoms with E-state index in [-0.39, 0.29) is 13.2 Å². The molecule has 0 unspecified atom stereocenters. The first-order chi connectivity index (χ1) is 8.83. The van der Waals surface area contributed by atoms with Gasteiger partial charge in [0.25, 0.3) is 0 Å². The van der Waals surface area contributed by atoms with Crippen molar-refractivity contribution in [2.24, 2.45) is 0 Å². The minimum absolute atomic E-state index is 0.0156. The average molecular weight is 251 g/mol. The molecule has 0 amide bonds. The smallest absolute Gasteiger partial charge is 0.128 e. The first kappa shape index (κ1) is 13.3. The van der Waals surface area contributed by atoms with E-state index in [2.05, 4.69) is 14.8 Å². The molecule has 0 atom stereocenters. The molecule has 2 rings (SSSR count). The second-order valence-corrected chi connectivity index (χ2v) is 4.55. The van der Waals surface area contributed by atoms with Crippen molar-refractivity contribution in [1.29, 1.82) is 0 Å². The number of hydrogen-bond donors (Lipinski definition) is 2. The number of hydrogen-bond acceptors (Lipinski definition) is 5. The van der Waals surface area contributed by atoms with Crippen LogP contribution in [-0.4, -0.2) is 59.4 Å². The third-order valence-corrected chi connectivity index (χ3v) is 3.28. The lowest BCUT2D eigenvalue weighted by molar-refractivity contribution is 0.204. The lowest BCUT2D eigenvalue weighted by Crippen LogP contribution is -2.32. The van der Waals surface area contributed by atoms with Gasteiger partial charge in [-0.15, -0.1) is 0 Å². The SMILES string of the molecule is OCCN1CCCN(c2cccc(CO)n2)CC1. The summed E-state index contributed by atoms with van der Waals surface area (Å²) in [6.07, 6.45) is 1.07. The van der Waals surface area contributed by atoms with Gasteiger partial charge < -0.3 is 15.1 Å². The minimum Gasteiger partial charge on any atom is -0.395 e. The van der Waals surface area contributed by atoms with Gasteiger partial charge in [0.05, 0.1) is 18.9 Å². The van der Waals surface area contributed by atoms with Crippen LogP contribution in [-0.2, 0) is 6.61 Å². The molecule has 1 aromatic rings. The van der Waals surface area contributed by atoms with Gasteiger partial charge in [0, 0.05) is 26.2 Å². The topological polar surface area (TPSA) is 59.8 Å². The number of β-amino-alcohol motifs (C(OH)–C–C–N with tert-alkyl or cyclic N) is 1. The lowest BCUT2D eigenvalue weighted by Gasteiger charge is -2.22. The fourth-order valence-corrected chi connectivity index (χ4v) is 2.30. The van der Waals surface area contributed by atoms with Crippen molar-refractivity contribution in [3.63, 3.8) is 0 Å². The van der Waals surface area contributed by atoms with Crippen LogP contribution >= 0.6 is 0 Å². The van der Waals surface area contributed by atoms with Gasteiger partial charge in [0.15, 0.2) is 0 Å². The quantitative estimate of drug-likeness (QED) is 0.793. The van der Waals surface area contributed by atoms with Crippen LogP contribution in [0.4, 0.5) is 5.82 Å². The van der Waals surface area contributed by atoms with E-state index in [1.165, 1.54) is 0 Å². The molecule has 1 aliphatic heterocycles. The molecule has 0 aromatic carbocycles. The molecule has 0 aliphatic carbocycles. The molecule has 2 N–H and O–H groups in total. The monoisotopic (exact) mass is 251 g/mol. The van der Waals surface area contributed by atoms with Crippen molar-refractivity contribution in [3.05, 3.63) is 23.9 Å². The normalized spacial score (nSPS) is 17.8. The number of aliphatic hydroxyl groups is 2. The van der Waals surface area contributed by atoms with Gasteiger partial charge in [0.1, 0.15) is 5.82 Å². The standard InChI is InChI=1S/C13H21N3O2/c17-10-9-15-5-2-6-16(8-7-15)13-4-1-3-12(11-18)14-13/h1,3-4,17-18H,2,5-11H2. The summed E-state index contributed by atoms with van der Waals surface area (Å²) in [5.41, 5.74) is 0.712. The number of aliphatic hydroxyl groups excluding tert-OH is 2. The second-order valence-electron chi connectivity index (χ2n) is 4.55. The fraction of sp³-hybridized carbons (Fsp3) is 0.615. The summed E-state index contributed by atoms with van der Waals surface area (Å²) in [7, 11) is 0. The predicted molar refractivity (Wildman–Crippen MR) is 70.5 cm³/mol. The maximum Gasteiger partial charge on any atom is 0.128 e. The summed E-state index contributed by atoms with van der Waals surface area (Å²) in [6.45, 7) is 4.82. The van der Waals surface area contributed by atoms with Crippen molar-refractivity contribution < 1.29 is 10.2 Å². The number of pyridine rings is 1. The van der Waals surface area contributed by atoms with Crippen molar-refractivity contribution in [1.82, 2.24) is 9.88 Å². The van der Waals surface area contributed by atoms with Crippen LogP contribution in [0.3, 0.4) is 0 Å². The molecule has 1 aromatic heterocycles. The number of nitrogens with zero attached hydrogens (tertiary/aromatic N) is 3. The largest absolute Gasteiger partial charge is 0.395 e. The molecule has 18 heavy (non-hydrogen) atoms. The summed E-state index contributed by atoms with van der Waals surface area (Å²) in [5.74, 6) is 0.937. The number of rotatable bonds is 4. The van der Waals surface area contributed by atoms with Crippen molar-refractivity contribution in [2.75, 3.05) is 44.2 Å². The van der Waals surface area contributed by atoms with E-state index in [9.17, 15) is 0 Å². The van der Waals surface area contributed by atoms with Gasteiger partial charge in [-0.25, -0.2) is 4.98 Å².